The third-order valence-corrected chi connectivity index (χ3v) is 4.09. The second-order valence-corrected chi connectivity index (χ2v) is 6.04. The maximum Gasteiger partial charge on any atom is 0.234 e. The van der Waals surface area contributed by atoms with Gasteiger partial charge in [-0.2, -0.15) is 0 Å². The lowest BCUT2D eigenvalue weighted by atomic mass is 10.2. The first-order valence-corrected chi connectivity index (χ1v) is 8.71. The van der Waals surface area contributed by atoms with Crippen LogP contribution in [0.2, 0.25) is 0 Å². The lowest BCUT2D eigenvalue weighted by Gasteiger charge is -2.10. The van der Waals surface area contributed by atoms with Crippen LogP contribution in [0.25, 0.3) is 0 Å². The Bertz CT molecular complexity index is 700. The molecule has 2 N–H and O–H groups in total. The Hall–Kier alpha value is -2.67. The van der Waals surface area contributed by atoms with Crippen LogP contribution in [0, 0.1) is 0 Å². The summed E-state index contributed by atoms with van der Waals surface area (Å²) in [7, 11) is 3.09. The fourth-order valence-electron chi connectivity index (χ4n) is 2.03. The number of carbonyl (C=O) groups excluding carboxylic acids is 2. The fraction of sp³-hybridized carbons (Fsp3) is 0.222. The number of carbonyl (C=O) groups is 2. The van der Waals surface area contributed by atoms with Gasteiger partial charge in [0.1, 0.15) is 11.5 Å². The predicted octanol–water partition coefficient (Wildman–Crippen LogP) is 3.01. The molecule has 2 amide bonds. The van der Waals surface area contributed by atoms with Gasteiger partial charge in [0.25, 0.3) is 0 Å². The van der Waals surface area contributed by atoms with Crippen LogP contribution in [-0.4, -0.2) is 37.5 Å². The molecule has 0 bridgehead atoms. The van der Waals surface area contributed by atoms with Crippen LogP contribution < -0.4 is 20.1 Å². The van der Waals surface area contributed by atoms with Crippen LogP contribution in [0.15, 0.2) is 48.5 Å². The van der Waals surface area contributed by atoms with E-state index in [9.17, 15) is 9.59 Å². The average molecular weight is 360 g/mol. The van der Waals surface area contributed by atoms with E-state index < -0.39 is 0 Å². The molecule has 0 saturated carbocycles. The van der Waals surface area contributed by atoms with Crippen molar-refractivity contribution in [2.45, 2.75) is 0 Å². The van der Waals surface area contributed by atoms with Gasteiger partial charge in [0.05, 0.1) is 25.7 Å². The Kier molecular flexibility index (Phi) is 7.16. The van der Waals surface area contributed by atoms with Gasteiger partial charge in [-0.25, -0.2) is 0 Å². The molecule has 0 heterocycles. The number of para-hydroxylation sites is 1. The summed E-state index contributed by atoms with van der Waals surface area (Å²) in [5, 5.41) is 5.53. The number of thioether (sulfide) groups is 1. The van der Waals surface area contributed by atoms with Gasteiger partial charge in [0.2, 0.25) is 11.8 Å². The summed E-state index contributed by atoms with van der Waals surface area (Å²) in [6.07, 6.45) is 0. The Morgan fingerprint density at radius 3 is 1.88 bits per heavy atom. The molecule has 2 rings (SSSR count). The zero-order chi connectivity index (χ0) is 18.1. The number of benzene rings is 2. The molecule has 25 heavy (non-hydrogen) atoms. The molecule has 0 unspecified atom stereocenters. The molecule has 2 aromatic carbocycles. The first kappa shape index (κ1) is 18.7. The predicted molar refractivity (Wildman–Crippen MR) is 101 cm³/mol. The SMILES string of the molecule is COc1cc(NC(=O)CSCC(=O)Nc2ccccc2)cc(OC)c1. The van der Waals surface area contributed by atoms with Gasteiger partial charge in [-0.3, -0.25) is 9.59 Å². The zero-order valence-electron chi connectivity index (χ0n) is 14.1. The molecule has 0 aliphatic carbocycles. The maximum absolute atomic E-state index is 12.0. The van der Waals surface area contributed by atoms with Gasteiger partial charge in [-0.15, -0.1) is 11.8 Å². The minimum Gasteiger partial charge on any atom is -0.497 e. The van der Waals surface area contributed by atoms with Crippen LogP contribution >= 0.6 is 11.8 Å². The van der Waals surface area contributed by atoms with E-state index in [4.69, 9.17) is 9.47 Å². The van der Waals surface area contributed by atoms with Crippen molar-refractivity contribution >= 4 is 35.0 Å². The van der Waals surface area contributed by atoms with Crippen molar-refractivity contribution in [1.82, 2.24) is 0 Å². The highest BCUT2D eigenvalue weighted by Gasteiger charge is 2.08. The first-order valence-electron chi connectivity index (χ1n) is 7.56. The summed E-state index contributed by atoms with van der Waals surface area (Å²) < 4.78 is 10.3. The van der Waals surface area contributed by atoms with E-state index in [-0.39, 0.29) is 23.3 Å². The van der Waals surface area contributed by atoms with Gasteiger partial charge in [0, 0.05) is 29.6 Å². The highest BCUT2D eigenvalue weighted by Crippen LogP contribution is 2.25. The Morgan fingerprint density at radius 2 is 1.36 bits per heavy atom. The van der Waals surface area contributed by atoms with Gasteiger partial charge in [-0.1, -0.05) is 18.2 Å². The zero-order valence-corrected chi connectivity index (χ0v) is 14.9. The molecular formula is C18H20N2O4S. The van der Waals surface area contributed by atoms with Crippen molar-refractivity contribution in [2.75, 3.05) is 36.4 Å². The van der Waals surface area contributed by atoms with E-state index in [0.717, 1.165) is 5.69 Å². The third-order valence-electron chi connectivity index (χ3n) is 3.16. The van der Waals surface area contributed by atoms with E-state index in [2.05, 4.69) is 10.6 Å². The van der Waals surface area contributed by atoms with Crippen LogP contribution in [-0.2, 0) is 9.59 Å². The largest absolute Gasteiger partial charge is 0.497 e. The van der Waals surface area contributed by atoms with E-state index in [1.165, 1.54) is 11.8 Å². The summed E-state index contributed by atoms with van der Waals surface area (Å²) in [6.45, 7) is 0. The van der Waals surface area contributed by atoms with Crippen LogP contribution in [0.4, 0.5) is 11.4 Å². The van der Waals surface area contributed by atoms with Gasteiger partial charge in [0.15, 0.2) is 0 Å². The number of methoxy groups -OCH3 is 2. The quantitative estimate of drug-likeness (QED) is 0.757. The number of hydrogen-bond acceptors (Lipinski definition) is 5. The monoisotopic (exact) mass is 360 g/mol. The first-order chi connectivity index (χ1) is 12.1. The number of hydrogen-bond donors (Lipinski definition) is 2. The van der Waals surface area contributed by atoms with Crippen molar-refractivity contribution in [3.05, 3.63) is 48.5 Å². The second kappa shape index (κ2) is 9.58. The molecule has 132 valence electrons. The summed E-state index contributed by atoms with van der Waals surface area (Å²) in [5.74, 6) is 1.19. The highest BCUT2D eigenvalue weighted by atomic mass is 32.2. The normalized spacial score (nSPS) is 10.0. The third kappa shape index (κ3) is 6.39. The van der Waals surface area contributed by atoms with E-state index in [1.54, 1.807) is 32.4 Å². The highest BCUT2D eigenvalue weighted by molar-refractivity contribution is 8.00. The lowest BCUT2D eigenvalue weighted by Crippen LogP contribution is -2.18. The Morgan fingerprint density at radius 1 is 0.840 bits per heavy atom. The summed E-state index contributed by atoms with van der Waals surface area (Å²) in [6, 6.07) is 14.3. The molecule has 7 heteroatoms. The molecule has 0 aliphatic rings. The topological polar surface area (TPSA) is 76.7 Å². The molecule has 0 fully saturated rings. The number of anilines is 2. The van der Waals surface area contributed by atoms with E-state index in [0.29, 0.717) is 17.2 Å². The minimum absolute atomic E-state index is 0.146. The molecule has 0 spiro atoms. The molecule has 0 aromatic heterocycles. The molecule has 6 nitrogen and oxygen atoms in total. The van der Waals surface area contributed by atoms with Crippen molar-refractivity contribution in [2.24, 2.45) is 0 Å². The van der Waals surface area contributed by atoms with Gasteiger partial charge < -0.3 is 20.1 Å². The maximum atomic E-state index is 12.0. The molecule has 0 aliphatic heterocycles. The van der Waals surface area contributed by atoms with Crippen LogP contribution in [0.5, 0.6) is 11.5 Å². The van der Waals surface area contributed by atoms with Gasteiger partial charge in [-0.05, 0) is 12.1 Å². The fourth-order valence-corrected chi connectivity index (χ4v) is 2.65. The van der Waals surface area contributed by atoms with Gasteiger partial charge >= 0.3 is 0 Å². The van der Waals surface area contributed by atoms with Crippen LogP contribution in [0.3, 0.4) is 0 Å². The number of nitrogens with one attached hydrogen (secondary N) is 2. The van der Waals surface area contributed by atoms with E-state index in [1.807, 2.05) is 30.3 Å². The second-order valence-electron chi connectivity index (χ2n) is 5.06. The standard InChI is InChI=1S/C18H20N2O4S/c1-23-15-8-14(9-16(10-15)24-2)20-18(22)12-25-11-17(21)19-13-6-4-3-5-7-13/h3-10H,11-12H2,1-2H3,(H,19,21)(H,20,22). The van der Waals surface area contributed by atoms with Crippen molar-refractivity contribution in [3.8, 4) is 11.5 Å². The molecule has 0 radical (unpaired) electrons. The smallest absolute Gasteiger partial charge is 0.234 e. The van der Waals surface area contributed by atoms with E-state index >= 15 is 0 Å². The number of ether oxygens (including phenoxy) is 2. The molecule has 0 saturated heterocycles. The molecule has 2 aromatic rings. The molecule has 0 atom stereocenters. The number of rotatable bonds is 8. The van der Waals surface area contributed by atoms with Crippen molar-refractivity contribution < 1.29 is 19.1 Å². The van der Waals surface area contributed by atoms with Crippen molar-refractivity contribution in [1.29, 1.82) is 0 Å². The minimum atomic E-state index is -0.201. The Balaban J connectivity index is 1.78. The van der Waals surface area contributed by atoms with Crippen LogP contribution in [0.1, 0.15) is 0 Å². The molecular weight excluding hydrogens is 340 g/mol. The Labute approximate surface area is 150 Å². The average Bonchev–Trinajstić information content (AvgIpc) is 2.62. The summed E-state index contributed by atoms with van der Waals surface area (Å²) in [5.41, 5.74) is 1.32. The van der Waals surface area contributed by atoms with Crippen molar-refractivity contribution in [3.63, 3.8) is 0 Å². The number of amides is 2. The summed E-state index contributed by atoms with van der Waals surface area (Å²) in [4.78, 5) is 23.8. The summed E-state index contributed by atoms with van der Waals surface area (Å²) >= 11 is 1.24. The lowest BCUT2D eigenvalue weighted by molar-refractivity contribution is -0.114.